The number of hydrogen-bond acceptors (Lipinski definition) is 7. The number of anilines is 1. The van der Waals surface area contributed by atoms with Gasteiger partial charge in [0.2, 0.25) is 0 Å². The number of hydrogen-bond donors (Lipinski definition) is 1. The number of nitrogens with zero attached hydrogens (tertiary/aromatic N) is 5. The number of ketones is 1. The van der Waals surface area contributed by atoms with Crippen molar-refractivity contribution in [2.24, 2.45) is 14.1 Å². The van der Waals surface area contributed by atoms with Gasteiger partial charge in [-0.25, -0.2) is 4.79 Å². The predicted octanol–water partition coefficient (Wildman–Crippen LogP) is 1.38. The first kappa shape index (κ1) is 19.5. The van der Waals surface area contributed by atoms with Crippen molar-refractivity contribution in [3.05, 3.63) is 48.7 Å². The van der Waals surface area contributed by atoms with Crippen molar-refractivity contribution in [2.75, 3.05) is 5.73 Å². The highest BCUT2D eigenvalue weighted by Gasteiger charge is 2.26. The molecular weight excluding hydrogens is 415 g/mol. The van der Waals surface area contributed by atoms with Gasteiger partial charge in [-0.1, -0.05) is 35.0 Å². The molecule has 9 nitrogen and oxygen atoms in total. The van der Waals surface area contributed by atoms with Crippen molar-refractivity contribution in [1.82, 2.24) is 23.7 Å². The molecule has 0 aliphatic rings. The molecule has 0 bridgehead atoms. The van der Waals surface area contributed by atoms with Crippen molar-refractivity contribution in [2.45, 2.75) is 17.3 Å². The Bertz CT molecular complexity index is 1200. The van der Waals surface area contributed by atoms with Crippen molar-refractivity contribution in [3.63, 3.8) is 0 Å². The number of rotatable bonds is 4. The number of pyridine rings is 1. The third kappa shape index (κ3) is 3.24. The second kappa shape index (κ2) is 7.02. The summed E-state index contributed by atoms with van der Waals surface area (Å²) in [5, 5.41) is 8.32. The van der Waals surface area contributed by atoms with E-state index in [0.29, 0.717) is 20.8 Å². The van der Waals surface area contributed by atoms with E-state index in [1.54, 1.807) is 17.5 Å². The molecule has 0 fully saturated rings. The summed E-state index contributed by atoms with van der Waals surface area (Å²) < 4.78 is 3.45. The standard InChI is InChI=1S/C15H14Cl2N6O3S/c1-6(10(24)9-11(18)21(2)15(26)22(3)13(9)25)27-14-20-19-12-8(17)4-7(16)5-23(12)14/h4-6H,18H2,1-3H3/t6-/m1/s1. The van der Waals surface area contributed by atoms with Crippen LogP contribution in [-0.2, 0) is 14.1 Å². The average molecular weight is 429 g/mol. The van der Waals surface area contributed by atoms with Crippen molar-refractivity contribution in [1.29, 1.82) is 0 Å². The number of carbonyl (C=O) groups excluding carboxylic acids is 1. The highest BCUT2D eigenvalue weighted by Crippen LogP contribution is 2.28. The topological polar surface area (TPSA) is 117 Å². The molecule has 0 aliphatic heterocycles. The Balaban J connectivity index is 2.01. The predicted molar refractivity (Wildman–Crippen MR) is 104 cm³/mol. The zero-order valence-electron chi connectivity index (χ0n) is 14.4. The van der Waals surface area contributed by atoms with Gasteiger partial charge in [0.25, 0.3) is 5.56 Å². The lowest BCUT2D eigenvalue weighted by molar-refractivity contribution is 0.0992. The fourth-order valence-electron chi connectivity index (χ4n) is 2.49. The van der Waals surface area contributed by atoms with Crippen LogP contribution in [0, 0.1) is 0 Å². The zero-order chi connectivity index (χ0) is 20.0. The first-order valence-corrected chi connectivity index (χ1v) is 9.23. The Morgan fingerprint density at radius 1 is 1.22 bits per heavy atom. The van der Waals surface area contributed by atoms with E-state index in [0.717, 1.165) is 20.9 Å². The van der Waals surface area contributed by atoms with Crippen LogP contribution in [0.5, 0.6) is 0 Å². The zero-order valence-corrected chi connectivity index (χ0v) is 16.8. The molecule has 0 spiro atoms. The highest BCUT2D eigenvalue weighted by molar-refractivity contribution is 8.00. The summed E-state index contributed by atoms with van der Waals surface area (Å²) in [6, 6.07) is 1.53. The number of nitrogens with two attached hydrogens (primary N) is 1. The van der Waals surface area contributed by atoms with Gasteiger partial charge in [0, 0.05) is 20.3 Å². The smallest absolute Gasteiger partial charge is 0.332 e. The molecule has 3 rings (SSSR count). The second-order valence-electron chi connectivity index (χ2n) is 5.77. The Kier molecular flexibility index (Phi) is 5.06. The van der Waals surface area contributed by atoms with Crippen LogP contribution < -0.4 is 17.0 Å². The number of Topliss-reactive ketones (excluding diaryl/α,β-unsaturated/α-hetero) is 1. The van der Waals surface area contributed by atoms with Crippen LogP contribution in [0.1, 0.15) is 17.3 Å². The minimum absolute atomic E-state index is 0.183. The molecule has 27 heavy (non-hydrogen) atoms. The molecule has 12 heteroatoms. The van der Waals surface area contributed by atoms with E-state index in [-0.39, 0.29) is 11.4 Å². The summed E-state index contributed by atoms with van der Waals surface area (Å²) in [4.78, 5) is 37.1. The third-order valence-corrected chi connectivity index (χ3v) is 5.54. The van der Waals surface area contributed by atoms with Crippen LogP contribution in [0.2, 0.25) is 10.0 Å². The summed E-state index contributed by atoms with van der Waals surface area (Å²) in [5.41, 5.74) is 4.64. The summed E-state index contributed by atoms with van der Waals surface area (Å²) in [6.45, 7) is 1.60. The number of thioether (sulfide) groups is 1. The van der Waals surface area contributed by atoms with Crippen LogP contribution in [-0.4, -0.2) is 34.8 Å². The van der Waals surface area contributed by atoms with E-state index in [1.165, 1.54) is 20.2 Å². The van der Waals surface area contributed by atoms with E-state index >= 15 is 0 Å². The van der Waals surface area contributed by atoms with E-state index < -0.39 is 22.3 Å². The number of aromatic nitrogens is 5. The van der Waals surface area contributed by atoms with Gasteiger partial charge in [0.1, 0.15) is 11.4 Å². The van der Waals surface area contributed by atoms with Crippen molar-refractivity contribution in [3.8, 4) is 0 Å². The van der Waals surface area contributed by atoms with Crippen LogP contribution in [0.4, 0.5) is 5.82 Å². The molecule has 0 aromatic carbocycles. The van der Waals surface area contributed by atoms with E-state index in [4.69, 9.17) is 28.9 Å². The summed E-state index contributed by atoms with van der Waals surface area (Å²) in [5.74, 6) is -0.712. The van der Waals surface area contributed by atoms with Crippen molar-refractivity contribution < 1.29 is 4.79 Å². The van der Waals surface area contributed by atoms with E-state index in [2.05, 4.69) is 10.2 Å². The van der Waals surface area contributed by atoms with E-state index in [9.17, 15) is 14.4 Å². The summed E-state index contributed by atoms with van der Waals surface area (Å²) >= 11 is 13.2. The van der Waals surface area contributed by atoms with Gasteiger partial charge in [-0.15, -0.1) is 10.2 Å². The molecule has 0 saturated heterocycles. The molecule has 3 heterocycles. The molecule has 3 aromatic heterocycles. The Morgan fingerprint density at radius 2 is 1.89 bits per heavy atom. The first-order valence-electron chi connectivity index (χ1n) is 7.59. The molecule has 2 N–H and O–H groups in total. The quantitative estimate of drug-likeness (QED) is 0.492. The number of fused-ring (bicyclic) bond motifs is 1. The highest BCUT2D eigenvalue weighted by atomic mass is 35.5. The Morgan fingerprint density at radius 3 is 2.56 bits per heavy atom. The minimum Gasteiger partial charge on any atom is -0.384 e. The molecule has 0 amide bonds. The lowest BCUT2D eigenvalue weighted by Crippen LogP contribution is -2.42. The largest absolute Gasteiger partial charge is 0.384 e. The van der Waals surface area contributed by atoms with Crippen LogP contribution in [0.3, 0.4) is 0 Å². The maximum atomic E-state index is 12.9. The van der Waals surface area contributed by atoms with Gasteiger partial charge in [-0.3, -0.25) is 23.1 Å². The van der Waals surface area contributed by atoms with Crippen LogP contribution in [0.15, 0.2) is 27.0 Å². The second-order valence-corrected chi connectivity index (χ2v) is 7.92. The maximum Gasteiger partial charge on any atom is 0.332 e. The fourth-order valence-corrected chi connectivity index (χ4v) is 3.88. The molecular formula is C15H14Cl2N6O3S. The van der Waals surface area contributed by atoms with Crippen LogP contribution >= 0.6 is 35.0 Å². The maximum absolute atomic E-state index is 12.9. The Hall–Kier alpha value is -2.30. The number of nitrogen functional groups attached to an aromatic ring is 1. The SMILES string of the molecule is C[C@@H](Sc1nnc2c(Cl)cc(Cl)cn12)C(=O)c1c(N)n(C)c(=O)n(C)c1=O. The van der Waals surface area contributed by atoms with Crippen molar-refractivity contribution >= 4 is 52.2 Å². The lowest BCUT2D eigenvalue weighted by Gasteiger charge is -2.13. The Labute approximate surface area is 166 Å². The van der Waals surface area contributed by atoms with Gasteiger partial charge in [0.05, 0.1) is 15.3 Å². The normalized spacial score (nSPS) is 12.5. The minimum atomic E-state index is -0.745. The third-order valence-electron chi connectivity index (χ3n) is 4.00. The molecule has 0 unspecified atom stereocenters. The number of halogens is 2. The first-order chi connectivity index (χ1) is 12.6. The van der Waals surface area contributed by atoms with Crippen LogP contribution in [0.25, 0.3) is 5.65 Å². The molecule has 0 aliphatic carbocycles. The summed E-state index contributed by atoms with van der Waals surface area (Å²) in [6.07, 6.45) is 1.57. The molecule has 0 saturated carbocycles. The fraction of sp³-hybridized carbons (Fsp3) is 0.267. The van der Waals surface area contributed by atoms with Gasteiger partial charge in [0.15, 0.2) is 16.6 Å². The van der Waals surface area contributed by atoms with Gasteiger partial charge in [-0.05, 0) is 13.0 Å². The average Bonchev–Trinajstić information content (AvgIpc) is 3.01. The lowest BCUT2D eigenvalue weighted by atomic mass is 10.1. The van der Waals surface area contributed by atoms with Gasteiger partial charge in [-0.2, -0.15) is 0 Å². The monoisotopic (exact) mass is 428 g/mol. The summed E-state index contributed by atoms with van der Waals surface area (Å²) in [7, 11) is 2.68. The molecule has 142 valence electrons. The van der Waals surface area contributed by atoms with E-state index in [1.807, 2.05) is 0 Å². The molecule has 1 atom stereocenters. The molecule has 0 radical (unpaired) electrons. The van der Waals surface area contributed by atoms with Gasteiger partial charge < -0.3 is 5.73 Å². The number of carbonyl (C=O) groups is 1. The molecule has 3 aromatic rings. The van der Waals surface area contributed by atoms with Gasteiger partial charge >= 0.3 is 5.69 Å².